The Kier molecular flexibility index (Phi) is 4.40. The fraction of sp³-hybridized carbons (Fsp3) is 0.0714. The lowest BCUT2D eigenvalue weighted by molar-refractivity contribution is -0.138. The molecule has 0 aliphatic rings. The van der Waals surface area contributed by atoms with Crippen LogP contribution in [0.1, 0.15) is 15.9 Å². The highest BCUT2D eigenvalue weighted by Crippen LogP contribution is 2.38. The van der Waals surface area contributed by atoms with Crippen LogP contribution in [0.2, 0.25) is 0 Å². The van der Waals surface area contributed by atoms with Gasteiger partial charge in [0.25, 0.3) is 0 Å². The van der Waals surface area contributed by atoms with Gasteiger partial charge in [-0.1, -0.05) is 12.1 Å². The van der Waals surface area contributed by atoms with Crippen LogP contribution in [0.15, 0.2) is 42.5 Å². The molecule has 1 N–H and O–H groups in total. The van der Waals surface area contributed by atoms with E-state index >= 15 is 0 Å². The molecule has 0 heterocycles. The number of hydrogen-bond acceptors (Lipinski definition) is 2. The van der Waals surface area contributed by atoms with Crippen LogP contribution in [0.25, 0.3) is 0 Å². The van der Waals surface area contributed by atoms with Crippen LogP contribution in [-0.2, 0) is 6.18 Å². The average molecular weight is 408 g/mol. The highest BCUT2D eigenvalue weighted by Gasteiger charge is 2.34. The van der Waals surface area contributed by atoms with E-state index in [9.17, 15) is 18.0 Å². The summed E-state index contributed by atoms with van der Waals surface area (Å²) in [6.45, 7) is 0. The summed E-state index contributed by atoms with van der Waals surface area (Å²) in [5.41, 5.74) is -0.976. The van der Waals surface area contributed by atoms with Crippen LogP contribution in [0.4, 0.5) is 13.2 Å². The molecule has 110 valence electrons. The Labute approximate surface area is 131 Å². The predicted octanol–water partition coefficient (Wildman–Crippen LogP) is 4.80. The standard InChI is InChI=1S/C14H8F3IO3/c15-14(16,17)9-3-1-2-4-11(9)21-12-7-8(13(19)20)5-6-10(12)18/h1-7H,(H,19,20). The number of halogens is 4. The summed E-state index contributed by atoms with van der Waals surface area (Å²) in [4.78, 5) is 10.9. The van der Waals surface area contributed by atoms with Gasteiger partial charge in [-0.15, -0.1) is 0 Å². The Hall–Kier alpha value is -1.77. The lowest BCUT2D eigenvalue weighted by Crippen LogP contribution is -2.07. The van der Waals surface area contributed by atoms with Crippen LogP contribution in [0, 0.1) is 3.57 Å². The van der Waals surface area contributed by atoms with Crippen molar-refractivity contribution in [3.05, 3.63) is 57.2 Å². The fourth-order valence-electron chi connectivity index (χ4n) is 1.62. The zero-order valence-corrected chi connectivity index (χ0v) is 12.5. The van der Waals surface area contributed by atoms with Crippen molar-refractivity contribution < 1.29 is 27.8 Å². The van der Waals surface area contributed by atoms with E-state index in [1.54, 1.807) is 0 Å². The minimum atomic E-state index is -4.55. The smallest absolute Gasteiger partial charge is 0.419 e. The Morgan fingerprint density at radius 2 is 1.76 bits per heavy atom. The average Bonchev–Trinajstić information content (AvgIpc) is 2.40. The van der Waals surface area contributed by atoms with Gasteiger partial charge < -0.3 is 9.84 Å². The molecule has 0 unspecified atom stereocenters. The normalized spacial score (nSPS) is 11.2. The second-order valence-electron chi connectivity index (χ2n) is 4.05. The summed E-state index contributed by atoms with van der Waals surface area (Å²) in [7, 11) is 0. The monoisotopic (exact) mass is 408 g/mol. The van der Waals surface area contributed by atoms with Crippen molar-refractivity contribution in [3.8, 4) is 11.5 Å². The van der Waals surface area contributed by atoms with E-state index < -0.39 is 17.7 Å². The Morgan fingerprint density at radius 1 is 1.10 bits per heavy atom. The number of para-hydroxylation sites is 1. The van der Waals surface area contributed by atoms with Gasteiger partial charge in [-0.3, -0.25) is 0 Å². The lowest BCUT2D eigenvalue weighted by atomic mass is 10.2. The molecule has 0 amide bonds. The van der Waals surface area contributed by atoms with Crippen molar-refractivity contribution >= 4 is 28.6 Å². The first-order chi connectivity index (χ1) is 9.79. The maximum absolute atomic E-state index is 12.9. The van der Waals surface area contributed by atoms with Crippen molar-refractivity contribution in [2.24, 2.45) is 0 Å². The van der Waals surface area contributed by atoms with E-state index in [4.69, 9.17) is 9.84 Å². The third-order valence-electron chi connectivity index (χ3n) is 2.59. The summed E-state index contributed by atoms with van der Waals surface area (Å²) in [5.74, 6) is -1.49. The number of hydrogen-bond donors (Lipinski definition) is 1. The van der Waals surface area contributed by atoms with E-state index in [1.165, 1.54) is 36.4 Å². The van der Waals surface area contributed by atoms with Gasteiger partial charge >= 0.3 is 12.1 Å². The van der Waals surface area contributed by atoms with E-state index in [-0.39, 0.29) is 17.1 Å². The number of carboxylic acids is 1. The van der Waals surface area contributed by atoms with Gasteiger partial charge in [0.1, 0.15) is 11.5 Å². The van der Waals surface area contributed by atoms with E-state index in [0.29, 0.717) is 3.57 Å². The molecule has 21 heavy (non-hydrogen) atoms. The van der Waals surface area contributed by atoms with Gasteiger partial charge in [-0.05, 0) is 52.9 Å². The predicted molar refractivity (Wildman–Crippen MR) is 77.6 cm³/mol. The van der Waals surface area contributed by atoms with Crippen LogP contribution in [0.5, 0.6) is 11.5 Å². The van der Waals surface area contributed by atoms with Gasteiger partial charge in [0.05, 0.1) is 14.7 Å². The second kappa shape index (κ2) is 5.92. The number of carbonyl (C=O) groups is 1. The molecule has 0 radical (unpaired) electrons. The molecule has 3 nitrogen and oxygen atoms in total. The number of rotatable bonds is 3. The third-order valence-corrected chi connectivity index (χ3v) is 3.48. The SMILES string of the molecule is O=C(O)c1ccc(I)c(Oc2ccccc2C(F)(F)F)c1. The maximum atomic E-state index is 12.9. The maximum Gasteiger partial charge on any atom is 0.419 e. The van der Waals surface area contributed by atoms with Crippen molar-refractivity contribution in [1.82, 2.24) is 0 Å². The molecular formula is C14H8F3IO3. The molecule has 0 bridgehead atoms. The first-order valence-electron chi connectivity index (χ1n) is 5.66. The Balaban J connectivity index is 2.44. The molecule has 0 atom stereocenters. The van der Waals surface area contributed by atoms with Gasteiger partial charge in [-0.2, -0.15) is 13.2 Å². The number of ether oxygens (including phenoxy) is 1. The highest BCUT2D eigenvalue weighted by molar-refractivity contribution is 14.1. The zero-order chi connectivity index (χ0) is 15.6. The minimum Gasteiger partial charge on any atom is -0.478 e. The summed E-state index contributed by atoms with van der Waals surface area (Å²) in [6.07, 6.45) is -4.55. The molecule has 2 aromatic carbocycles. The molecule has 0 saturated carbocycles. The number of alkyl halides is 3. The molecule has 0 spiro atoms. The summed E-state index contributed by atoms with van der Waals surface area (Å²) in [5, 5.41) is 8.91. The summed E-state index contributed by atoms with van der Waals surface area (Å²) >= 11 is 1.86. The van der Waals surface area contributed by atoms with Crippen molar-refractivity contribution in [2.45, 2.75) is 6.18 Å². The second-order valence-corrected chi connectivity index (χ2v) is 5.21. The Bertz CT molecular complexity index is 683. The van der Waals surface area contributed by atoms with Crippen molar-refractivity contribution in [2.75, 3.05) is 0 Å². The molecular weight excluding hydrogens is 400 g/mol. The largest absolute Gasteiger partial charge is 0.478 e. The van der Waals surface area contributed by atoms with Gasteiger partial charge in [-0.25, -0.2) is 4.79 Å². The van der Waals surface area contributed by atoms with E-state index in [2.05, 4.69) is 0 Å². The Morgan fingerprint density at radius 3 is 2.38 bits per heavy atom. The van der Waals surface area contributed by atoms with E-state index in [1.807, 2.05) is 22.6 Å². The van der Waals surface area contributed by atoms with Crippen LogP contribution < -0.4 is 4.74 Å². The van der Waals surface area contributed by atoms with Gasteiger partial charge in [0.2, 0.25) is 0 Å². The van der Waals surface area contributed by atoms with Crippen LogP contribution in [-0.4, -0.2) is 11.1 Å². The molecule has 7 heteroatoms. The third kappa shape index (κ3) is 3.66. The molecule has 0 aromatic heterocycles. The highest BCUT2D eigenvalue weighted by atomic mass is 127. The van der Waals surface area contributed by atoms with Crippen LogP contribution in [0.3, 0.4) is 0 Å². The molecule has 0 aliphatic heterocycles. The molecule has 0 saturated heterocycles. The molecule has 2 aromatic rings. The topological polar surface area (TPSA) is 46.5 Å². The molecule has 0 fully saturated rings. The van der Waals surface area contributed by atoms with Crippen molar-refractivity contribution in [1.29, 1.82) is 0 Å². The zero-order valence-electron chi connectivity index (χ0n) is 10.3. The summed E-state index contributed by atoms with van der Waals surface area (Å²) in [6, 6.07) is 8.78. The lowest BCUT2D eigenvalue weighted by Gasteiger charge is -2.14. The van der Waals surface area contributed by atoms with Crippen LogP contribution >= 0.6 is 22.6 Å². The fourth-order valence-corrected chi connectivity index (χ4v) is 2.07. The molecule has 2 rings (SSSR count). The summed E-state index contributed by atoms with van der Waals surface area (Å²) < 4.78 is 44.4. The minimum absolute atomic E-state index is 0.0603. The number of carboxylic acid groups (broad SMARTS) is 1. The molecule has 0 aliphatic carbocycles. The van der Waals surface area contributed by atoms with E-state index in [0.717, 1.165) is 6.07 Å². The van der Waals surface area contributed by atoms with Gasteiger partial charge in [0.15, 0.2) is 0 Å². The first-order valence-corrected chi connectivity index (χ1v) is 6.74. The first kappa shape index (κ1) is 15.6. The van der Waals surface area contributed by atoms with Gasteiger partial charge in [0, 0.05) is 0 Å². The quantitative estimate of drug-likeness (QED) is 0.743. The number of aromatic carboxylic acids is 1. The van der Waals surface area contributed by atoms with Crippen molar-refractivity contribution in [3.63, 3.8) is 0 Å². The number of benzene rings is 2.